The number of anilines is 1. The van der Waals surface area contributed by atoms with Gasteiger partial charge < -0.3 is 20.2 Å². The molecule has 206 valence electrons. The van der Waals surface area contributed by atoms with Gasteiger partial charge in [-0.3, -0.25) is 4.79 Å². The molecule has 0 spiro atoms. The number of carbonyl (C=O) groups excluding carboxylic acids is 1. The molecule has 11 heteroatoms. The van der Waals surface area contributed by atoms with Crippen molar-refractivity contribution < 1.29 is 27.5 Å². The molecule has 1 aromatic carbocycles. The van der Waals surface area contributed by atoms with E-state index in [2.05, 4.69) is 20.2 Å². The number of nitrogens with one attached hydrogen (secondary N) is 1. The minimum Gasteiger partial charge on any atom is -0.387 e. The van der Waals surface area contributed by atoms with E-state index in [1.807, 2.05) is 20.8 Å². The van der Waals surface area contributed by atoms with Crippen LogP contribution in [-0.4, -0.2) is 63.6 Å². The van der Waals surface area contributed by atoms with Gasteiger partial charge in [0.25, 0.3) is 0 Å². The Morgan fingerprint density at radius 1 is 1.18 bits per heavy atom. The summed E-state index contributed by atoms with van der Waals surface area (Å²) in [7, 11) is 0. The molecule has 0 radical (unpaired) electrons. The minimum atomic E-state index is -4.80. The highest BCUT2D eigenvalue weighted by molar-refractivity contribution is 5.85. The number of benzene rings is 1. The zero-order valence-electron chi connectivity index (χ0n) is 21.7. The predicted molar refractivity (Wildman–Crippen MR) is 133 cm³/mol. The molecule has 7 nitrogen and oxygen atoms in total. The van der Waals surface area contributed by atoms with Crippen LogP contribution in [0.5, 0.6) is 0 Å². The van der Waals surface area contributed by atoms with E-state index in [4.69, 9.17) is 0 Å². The van der Waals surface area contributed by atoms with Crippen molar-refractivity contribution in [2.75, 3.05) is 31.1 Å². The Morgan fingerprint density at radius 3 is 2.50 bits per heavy atom. The zero-order valence-corrected chi connectivity index (χ0v) is 21.7. The molecule has 2 fully saturated rings. The monoisotopic (exact) mass is 535 g/mol. The van der Waals surface area contributed by atoms with E-state index in [0.717, 1.165) is 29.9 Å². The Balaban J connectivity index is 1.37. The van der Waals surface area contributed by atoms with E-state index in [9.17, 15) is 27.5 Å². The minimum absolute atomic E-state index is 0.117. The van der Waals surface area contributed by atoms with Gasteiger partial charge in [0.1, 0.15) is 18.0 Å². The third kappa shape index (κ3) is 4.98. The van der Waals surface area contributed by atoms with Gasteiger partial charge in [0.2, 0.25) is 5.91 Å². The summed E-state index contributed by atoms with van der Waals surface area (Å²) in [6, 6.07) is 2.51. The number of hydrogen-bond donors (Lipinski definition) is 2. The Morgan fingerprint density at radius 2 is 1.89 bits per heavy atom. The maximum Gasteiger partial charge on any atom is 0.419 e. The van der Waals surface area contributed by atoms with Crippen LogP contribution >= 0.6 is 0 Å². The summed E-state index contributed by atoms with van der Waals surface area (Å²) in [6.07, 6.45) is -1.93. The fraction of sp³-hybridized carbons (Fsp3) is 0.593. The smallest absolute Gasteiger partial charge is 0.387 e. The fourth-order valence-electron chi connectivity index (χ4n) is 6.20. The fourth-order valence-corrected chi connectivity index (χ4v) is 6.20. The highest BCUT2D eigenvalue weighted by Crippen LogP contribution is 2.43. The van der Waals surface area contributed by atoms with E-state index in [1.54, 1.807) is 4.90 Å². The molecular formula is C27H33F4N5O2. The molecule has 2 aromatic rings. The van der Waals surface area contributed by atoms with Gasteiger partial charge in [-0.05, 0) is 56.7 Å². The maximum absolute atomic E-state index is 14.6. The Hall–Kier alpha value is -2.79. The van der Waals surface area contributed by atoms with E-state index < -0.39 is 29.6 Å². The van der Waals surface area contributed by atoms with Crippen LogP contribution in [0.1, 0.15) is 80.4 Å². The predicted octanol–water partition coefficient (Wildman–Crippen LogP) is 4.14. The van der Waals surface area contributed by atoms with Crippen molar-refractivity contribution in [3.05, 3.63) is 52.7 Å². The molecule has 0 saturated carbocycles. The molecule has 3 aliphatic rings. The van der Waals surface area contributed by atoms with Crippen molar-refractivity contribution in [2.45, 2.75) is 75.7 Å². The summed E-state index contributed by atoms with van der Waals surface area (Å²) in [5.41, 5.74) is 0.267. The maximum atomic E-state index is 14.6. The van der Waals surface area contributed by atoms with Crippen molar-refractivity contribution >= 4 is 11.7 Å². The summed E-state index contributed by atoms with van der Waals surface area (Å²) in [5, 5.41) is 13.8. The van der Waals surface area contributed by atoms with Crippen molar-refractivity contribution in [1.82, 2.24) is 20.2 Å². The number of nitrogens with zero attached hydrogens (tertiary/aromatic N) is 4. The van der Waals surface area contributed by atoms with Crippen LogP contribution in [0.4, 0.5) is 23.4 Å². The topological polar surface area (TPSA) is 81.6 Å². The molecule has 2 aliphatic heterocycles. The lowest BCUT2D eigenvalue weighted by atomic mass is 9.88. The number of hydrogen-bond acceptors (Lipinski definition) is 6. The highest BCUT2D eigenvalue weighted by Gasteiger charge is 2.42. The second-order valence-electron chi connectivity index (χ2n) is 11.3. The van der Waals surface area contributed by atoms with E-state index in [1.165, 1.54) is 12.4 Å². The Labute approximate surface area is 219 Å². The van der Waals surface area contributed by atoms with Gasteiger partial charge in [0.15, 0.2) is 0 Å². The molecule has 5 rings (SSSR count). The largest absolute Gasteiger partial charge is 0.419 e. The summed E-state index contributed by atoms with van der Waals surface area (Å²) in [5.74, 6) is -1.52. The van der Waals surface area contributed by atoms with Gasteiger partial charge in [-0.25, -0.2) is 14.4 Å². The molecule has 0 bridgehead atoms. The van der Waals surface area contributed by atoms with E-state index >= 15 is 0 Å². The highest BCUT2D eigenvalue weighted by atomic mass is 19.4. The van der Waals surface area contributed by atoms with E-state index in [-0.39, 0.29) is 29.0 Å². The molecule has 2 N–H and O–H groups in total. The molecule has 38 heavy (non-hydrogen) atoms. The number of rotatable bonds is 4. The molecule has 2 saturated heterocycles. The second kappa shape index (κ2) is 9.75. The number of carbonyl (C=O) groups is 1. The number of aliphatic hydroxyl groups is 1. The third-order valence-corrected chi connectivity index (χ3v) is 8.15. The summed E-state index contributed by atoms with van der Waals surface area (Å²) >= 11 is 0. The van der Waals surface area contributed by atoms with Gasteiger partial charge in [-0.2, -0.15) is 13.2 Å². The molecule has 0 unspecified atom stereocenters. The molecule has 1 aliphatic carbocycles. The van der Waals surface area contributed by atoms with Crippen LogP contribution < -0.4 is 10.2 Å². The first kappa shape index (κ1) is 26.8. The van der Waals surface area contributed by atoms with Crippen LogP contribution in [0, 0.1) is 5.82 Å². The number of aromatic nitrogens is 2. The first-order valence-corrected chi connectivity index (χ1v) is 13.1. The number of amides is 1. The molecule has 1 amide bonds. The van der Waals surface area contributed by atoms with Crippen molar-refractivity contribution in [3.63, 3.8) is 0 Å². The summed E-state index contributed by atoms with van der Waals surface area (Å²) in [6.45, 7) is 7.86. The number of piperazine rings is 1. The number of halogens is 4. The number of aliphatic hydroxyl groups excluding tert-OH is 1. The first-order chi connectivity index (χ1) is 17.9. The lowest BCUT2D eigenvalue weighted by molar-refractivity contribution is -0.140. The number of alkyl halides is 3. The standard InChI is InChI=1S/C27H33F4N5O2/c1-15-12-20(37)23-21(15)24(33-14-32-23)35-8-10-36(11-9-35)25(38)22(19-6-7-26(2,3)34-19)16-4-5-17(18(28)13-16)27(29,30)31/h4-5,13-15,19-20,22,34,37H,6-12H2,1-3H3/t15-,19+,20-,22+/m1/s1. The third-order valence-electron chi connectivity index (χ3n) is 8.15. The molecule has 3 heterocycles. The van der Waals surface area contributed by atoms with Crippen molar-refractivity contribution in [2.24, 2.45) is 0 Å². The van der Waals surface area contributed by atoms with Gasteiger partial charge in [0, 0.05) is 43.3 Å². The SMILES string of the molecule is C[C@@H]1C[C@@H](O)c2ncnc(N3CCN(C(=O)[C@@H](c4ccc(C(F)(F)F)c(F)c4)[C@@H]4CCC(C)(C)N4)CC3)c21. The van der Waals surface area contributed by atoms with Gasteiger partial charge in [0.05, 0.1) is 23.3 Å². The molecular weight excluding hydrogens is 502 g/mol. The lowest BCUT2D eigenvalue weighted by Crippen LogP contribution is -2.53. The van der Waals surface area contributed by atoms with Crippen LogP contribution in [0.3, 0.4) is 0 Å². The molecule has 1 aromatic heterocycles. The Kier molecular flexibility index (Phi) is 6.88. The average molecular weight is 536 g/mol. The van der Waals surface area contributed by atoms with Crippen LogP contribution in [0.2, 0.25) is 0 Å². The van der Waals surface area contributed by atoms with Gasteiger partial charge >= 0.3 is 6.18 Å². The van der Waals surface area contributed by atoms with Gasteiger partial charge in [-0.15, -0.1) is 0 Å². The Bertz CT molecular complexity index is 1210. The van der Waals surface area contributed by atoms with Crippen LogP contribution in [0.25, 0.3) is 0 Å². The van der Waals surface area contributed by atoms with Gasteiger partial charge in [-0.1, -0.05) is 13.0 Å². The van der Waals surface area contributed by atoms with Crippen LogP contribution in [0.15, 0.2) is 24.5 Å². The summed E-state index contributed by atoms with van der Waals surface area (Å²) in [4.78, 5) is 26.4. The van der Waals surface area contributed by atoms with E-state index in [0.29, 0.717) is 44.7 Å². The second-order valence-corrected chi connectivity index (χ2v) is 11.3. The number of fused-ring (bicyclic) bond motifs is 1. The van der Waals surface area contributed by atoms with Crippen LogP contribution in [-0.2, 0) is 11.0 Å². The average Bonchev–Trinajstić information content (AvgIpc) is 3.36. The first-order valence-electron chi connectivity index (χ1n) is 13.1. The van der Waals surface area contributed by atoms with Crippen molar-refractivity contribution in [1.29, 1.82) is 0 Å². The summed E-state index contributed by atoms with van der Waals surface area (Å²) < 4.78 is 54.1. The normalized spacial score (nSPS) is 25.9. The lowest BCUT2D eigenvalue weighted by Gasteiger charge is -2.39. The quantitative estimate of drug-likeness (QED) is 0.573. The van der Waals surface area contributed by atoms with Crippen molar-refractivity contribution in [3.8, 4) is 0 Å². The zero-order chi connectivity index (χ0) is 27.4. The molecule has 4 atom stereocenters.